The monoisotopic (exact) mass is 390 g/mol. The first-order chi connectivity index (χ1) is 13.3. The van der Waals surface area contributed by atoms with E-state index in [9.17, 15) is 5.26 Å². The van der Waals surface area contributed by atoms with Crippen LogP contribution in [0.1, 0.15) is 25.0 Å². The number of hydrogen-bond donors (Lipinski definition) is 1. The third-order valence-electron chi connectivity index (χ3n) is 4.57. The lowest BCUT2D eigenvalue weighted by molar-refractivity contribution is -0.106. The number of aryl methyl sites for hydroxylation is 1. The minimum Gasteiger partial charge on any atom is -0.372 e. The molecule has 142 valence electrons. The van der Waals surface area contributed by atoms with Crippen molar-refractivity contribution < 1.29 is 4.79 Å². The predicted octanol–water partition coefficient (Wildman–Crippen LogP) is 5.89. The Hall–Kier alpha value is -3.09. The molecule has 2 N–H and O–H groups in total. The van der Waals surface area contributed by atoms with Crippen LogP contribution in [0.15, 0.2) is 66.7 Å². The molecule has 0 fully saturated rings. The Balaban J connectivity index is 0.000000878. The normalized spacial score (nSPS) is 10.4. The van der Waals surface area contributed by atoms with Gasteiger partial charge in [-0.05, 0) is 78.4 Å². The van der Waals surface area contributed by atoms with E-state index < -0.39 is 5.41 Å². The Kier molecular flexibility index (Phi) is 6.98. The van der Waals surface area contributed by atoms with Gasteiger partial charge in [0, 0.05) is 5.02 Å². The van der Waals surface area contributed by atoms with Crippen LogP contribution in [0.2, 0.25) is 5.02 Å². The van der Waals surface area contributed by atoms with E-state index in [4.69, 9.17) is 16.4 Å². The highest BCUT2D eigenvalue weighted by molar-refractivity contribution is 6.30. The van der Waals surface area contributed by atoms with Crippen LogP contribution in [0.5, 0.6) is 0 Å². The Morgan fingerprint density at radius 1 is 0.964 bits per heavy atom. The number of carbonyl (C=O) groups is 1. The van der Waals surface area contributed by atoms with Crippen molar-refractivity contribution in [3.8, 4) is 28.3 Å². The molecule has 0 aromatic heterocycles. The van der Waals surface area contributed by atoms with Gasteiger partial charge in [-0.25, -0.2) is 0 Å². The number of primary amides is 1. The maximum Gasteiger partial charge on any atom is 0.204 e. The minimum absolute atomic E-state index is 0.250. The van der Waals surface area contributed by atoms with Gasteiger partial charge in [0.2, 0.25) is 6.41 Å². The van der Waals surface area contributed by atoms with Crippen molar-refractivity contribution >= 4 is 18.0 Å². The average Bonchev–Trinajstić information content (AvgIpc) is 2.69. The summed E-state index contributed by atoms with van der Waals surface area (Å²) >= 11 is 6.16. The average molecular weight is 391 g/mol. The topological polar surface area (TPSA) is 66.9 Å². The lowest BCUT2D eigenvalue weighted by Gasteiger charge is -2.17. The number of rotatable bonds is 3. The molecule has 28 heavy (non-hydrogen) atoms. The second kappa shape index (κ2) is 9.21. The first-order valence-corrected chi connectivity index (χ1v) is 9.24. The number of nitrogens with zero attached hydrogens (tertiary/aromatic N) is 1. The summed E-state index contributed by atoms with van der Waals surface area (Å²) in [6.45, 7) is 5.99. The molecule has 3 aromatic rings. The predicted molar refractivity (Wildman–Crippen MR) is 116 cm³/mol. The molecule has 3 rings (SSSR count). The second-order valence-electron chi connectivity index (χ2n) is 6.99. The van der Waals surface area contributed by atoms with Gasteiger partial charge in [-0.3, -0.25) is 4.79 Å². The zero-order valence-electron chi connectivity index (χ0n) is 16.2. The van der Waals surface area contributed by atoms with Gasteiger partial charge in [0.05, 0.1) is 11.5 Å². The third-order valence-corrected chi connectivity index (χ3v) is 4.81. The van der Waals surface area contributed by atoms with Gasteiger partial charge in [-0.1, -0.05) is 54.1 Å². The fourth-order valence-electron chi connectivity index (χ4n) is 2.92. The van der Waals surface area contributed by atoms with E-state index in [1.54, 1.807) is 0 Å². The van der Waals surface area contributed by atoms with Crippen molar-refractivity contribution in [3.63, 3.8) is 0 Å². The van der Waals surface area contributed by atoms with Crippen molar-refractivity contribution in [2.75, 3.05) is 0 Å². The van der Waals surface area contributed by atoms with Gasteiger partial charge >= 0.3 is 0 Å². The van der Waals surface area contributed by atoms with Gasteiger partial charge in [-0.2, -0.15) is 5.26 Å². The highest BCUT2D eigenvalue weighted by atomic mass is 35.5. The molecular formula is C24H23ClN2O. The van der Waals surface area contributed by atoms with Gasteiger partial charge < -0.3 is 5.73 Å². The van der Waals surface area contributed by atoms with Crippen LogP contribution >= 0.6 is 11.6 Å². The largest absolute Gasteiger partial charge is 0.372 e. The Morgan fingerprint density at radius 3 is 2.21 bits per heavy atom. The molecule has 0 bridgehead atoms. The van der Waals surface area contributed by atoms with Gasteiger partial charge in [0.1, 0.15) is 0 Å². The van der Waals surface area contributed by atoms with Gasteiger partial charge in [0.25, 0.3) is 0 Å². The Labute approximate surface area is 171 Å². The number of hydrogen-bond acceptors (Lipinski definition) is 2. The fraction of sp³-hybridized carbons (Fsp3) is 0.167. The van der Waals surface area contributed by atoms with E-state index in [-0.39, 0.29) is 6.41 Å². The van der Waals surface area contributed by atoms with Crippen LogP contribution in [-0.2, 0) is 10.2 Å². The van der Waals surface area contributed by atoms with Gasteiger partial charge in [-0.15, -0.1) is 0 Å². The minimum atomic E-state index is -0.503. The molecular weight excluding hydrogens is 368 g/mol. The van der Waals surface area contributed by atoms with Crippen molar-refractivity contribution in [1.82, 2.24) is 0 Å². The van der Waals surface area contributed by atoms with Crippen LogP contribution in [0, 0.1) is 18.3 Å². The van der Waals surface area contributed by atoms with Crippen LogP contribution in [0.3, 0.4) is 0 Å². The lowest BCUT2D eigenvalue weighted by Crippen LogP contribution is -2.13. The summed E-state index contributed by atoms with van der Waals surface area (Å²) in [6.07, 6.45) is 0.250. The van der Waals surface area contributed by atoms with Crippen molar-refractivity contribution in [2.45, 2.75) is 26.2 Å². The Bertz CT molecular complexity index is 1020. The third kappa shape index (κ3) is 5.00. The summed E-state index contributed by atoms with van der Waals surface area (Å²) < 4.78 is 0. The number of carbonyl (C=O) groups excluding carboxylic acids is 1. The molecule has 3 aromatic carbocycles. The van der Waals surface area contributed by atoms with Crippen LogP contribution in [-0.4, -0.2) is 6.41 Å². The van der Waals surface area contributed by atoms with Crippen LogP contribution in [0.4, 0.5) is 0 Å². The van der Waals surface area contributed by atoms with E-state index in [0.717, 1.165) is 27.3 Å². The smallest absolute Gasteiger partial charge is 0.204 e. The molecule has 0 heterocycles. The standard InChI is InChI=1S/C23H20ClN.CH3NO/c1-16-10-11-18(14-22(16)19-7-5-9-21(24)13-19)17-6-4-8-20(12-17)23(2,3)15-25;2-1-3/h4-14H,1-3H3;1H,(H2,2,3). The molecule has 0 atom stereocenters. The van der Waals surface area contributed by atoms with Crippen molar-refractivity contribution in [1.29, 1.82) is 5.26 Å². The second-order valence-corrected chi connectivity index (χ2v) is 7.43. The summed E-state index contributed by atoms with van der Waals surface area (Å²) in [5.41, 5.74) is 10.4. The molecule has 0 unspecified atom stereocenters. The summed E-state index contributed by atoms with van der Waals surface area (Å²) in [6, 6.07) is 25.0. The maximum atomic E-state index is 9.40. The number of amides is 1. The van der Waals surface area contributed by atoms with E-state index in [1.165, 1.54) is 11.1 Å². The molecule has 3 nitrogen and oxygen atoms in total. The first-order valence-electron chi connectivity index (χ1n) is 8.86. The van der Waals surface area contributed by atoms with Crippen LogP contribution in [0.25, 0.3) is 22.3 Å². The first kappa shape index (κ1) is 21.2. The van der Waals surface area contributed by atoms with E-state index in [0.29, 0.717) is 0 Å². The van der Waals surface area contributed by atoms with E-state index in [1.807, 2.05) is 44.2 Å². The number of nitriles is 1. The van der Waals surface area contributed by atoms with Crippen LogP contribution < -0.4 is 5.73 Å². The molecule has 0 aliphatic rings. The lowest BCUT2D eigenvalue weighted by atomic mass is 9.84. The van der Waals surface area contributed by atoms with E-state index in [2.05, 4.69) is 55.1 Å². The fourth-order valence-corrected chi connectivity index (χ4v) is 3.11. The molecule has 0 saturated heterocycles. The number of nitrogens with two attached hydrogens (primary N) is 1. The van der Waals surface area contributed by atoms with Gasteiger partial charge in [0.15, 0.2) is 0 Å². The summed E-state index contributed by atoms with van der Waals surface area (Å²) in [7, 11) is 0. The maximum absolute atomic E-state index is 9.40. The summed E-state index contributed by atoms with van der Waals surface area (Å²) in [4.78, 5) is 8.58. The molecule has 0 spiro atoms. The SMILES string of the molecule is Cc1ccc(-c2cccc(C(C)(C)C#N)c2)cc1-c1cccc(Cl)c1.NC=O. The van der Waals surface area contributed by atoms with Crippen molar-refractivity contribution in [3.05, 3.63) is 82.9 Å². The highest BCUT2D eigenvalue weighted by Crippen LogP contribution is 2.32. The molecule has 4 heteroatoms. The van der Waals surface area contributed by atoms with E-state index >= 15 is 0 Å². The summed E-state index contributed by atoms with van der Waals surface area (Å²) in [5.74, 6) is 0. The Morgan fingerprint density at radius 2 is 1.57 bits per heavy atom. The number of halogens is 1. The van der Waals surface area contributed by atoms with Crippen molar-refractivity contribution in [2.24, 2.45) is 5.73 Å². The highest BCUT2D eigenvalue weighted by Gasteiger charge is 2.20. The molecule has 0 aliphatic heterocycles. The molecule has 0 radical (unpaired) electrons. The quantitative estimate of drug-likeness (QED) is 0.567. The zero-order valence-corrected chi connectivity index (χ0v) is 17.0. The molecule has 0 saturated carbocycles. The number of benzene rings is 3. The zero-order chi connectivity index (χ0) is 20.7. The molecule has 1 amide bonds. The molecule has 0 aliphatic carbocycles. The summed E-state index contributed by atoms with van der Waals surface area (Å²) in [5, 5.41) is 10.1.